The van der Waals surface area contributed by atoms with Gasteiger partial charge in [-0.1, -0.05) is 0 Å². The fraction of sp³-hybridized carbons (Fsp3) is 0.571. The fourth-order valence-corrected chi connectivity index (χ4v) is 4.03. The molecule has 1 fully saturated rings. The van der Waals surface area contributed by atoms with Crippen LogP contribution in [-0.4, -0.2) is 45.0 Å². The topological polar surface area (TPSA) is 58.6 Å². The Morgan fingerprint density at radius 2 is 2.05 bits per heavy atom. The fourth-order valence-electron chi connectivity index (χ4n) is 2.36. The highest BCUT2D eigenvalue weighted by atomic mass is 32.2. The zero-order chi connectivity index (χ0) is 14.6. The Balaban J connectivity index is 2.24. The zero-order valence-electron chi connectivity index (χ0n) is 12.0. The molecule has 0 bridgehead atoms. The van der Waals surface area contributed by atoms with Gasteiger partial charge in [-0.05, 0) is 51.1 Å². The number of sulfonamides is 1. The molecule has 0 radical (unpaired) electrons. The highest BCUT2D eigenvalue weighted by Crippen LogP contribution is 2.22. The molecule has 0 amide bonds. The molecule has 0 aliphatic carbocycles. The zero-order valence-corrected chi connectivity index (χ0v) is 12.8. The molecule has 0 saturated carbocycles. The molecular weight excluding hydrogens is 276 g/mol. The van der Waals surface area contributed by atoms with Crippen molar-refractivity contribution in [3.63, 3.8) is 0 Å². The van der Waals surface area contributed by atoms with Crippen LogP contribution in [0.25, 0.3) is 0 Å². The van der Waals surface area contributed by atoms with E-state index in [0.717, 1.165) is 13.0 Å². The Hall–Kier alpha value is -1.11. The van der Waals surface area contributed by atoms with Crippen molar-refractivity contribution in [1.29, 1.82) is 0 Å². The van der Waals surface area contributed by atoms with Crippen molar-refractivity contribution in [2.24, 2.45) is 0 Å². The van der Waals surface area contributed by atoms with Crippen molar-refractivity contribution in [2.45, 2.75) is 31.2 Å². The van der Waals surface area contributed by atoms with Gasteiger partial charge in [0.25, 0.3) is 0 Å². The number of ether oxygens (including phenoxy) is 1. The van der Waals surface area contributed by atoms with Crippen LogP contribution in [0.3, 0.4) is 0 Å². The van der Waals surface area contributed by atoms with Crippen LogP contribution in [-0.2, 0) is 10.0 Å². The van der Waals surface area contributed by atoms with Gasteiger partial charge in [0.1, 0.15) is 5.75 Å². The van der Waals surface area contributed by atoms with Crippen molar-refractivity contribution in [3.05, 3.63) is 24.3 Å². The quantitative estimate of drug-likeness (QED) is 0.914. The van der Waals surface area contributed by atoms with Crippen LogP contribution < -0.4 is 10.1 Å². The van der Waals surface area contributed by atoms with Crippen LogP contribution in [0.4, 0.5) is 0 Å². The van der Waals surface area contributed by atoms with E-state index in [1.165, 1.54) is 0 Å². The van der Waals surface area contributed by atoms with E-state index in [9.17, 15) is 8.42 Å². The molecular formula is C14H22N2O3S. The summed E-state index contributed by atoms with van der Waals surface area (Å²) in [5, 5.41) is 3.25. The van der Waals surface area contributed by atoms with Crippen molar-refractivity contribution in [3.8, 4) is 5.75 Å². The molecule has 1 aliphatic heterocycles. The van der Waals surface area contributed by atoms with E-state index < -0.39 is 10.0 Å². The summed E-state index contributed by atoms with van der Waals surface area (Å²) >= 11 is 0. The van der Waals surface area contributed by atoms with Gasteiger partial charge in [0.2, 0.25) is 10.0 Å². The minimum absolute atomic E-state index is 0.0333. The summed E-state index contributed by atoms with van der Waals surface area (Å²) in [4.78, 5) is 0.328. The third-order valence-electron chi connectivity index (χ3n) is 3.40. The van der Waals surface area contributed by atoms with E-state index in [4.69, 9.17) is 4.74 Å². The minimum Gasteiger partial charge on any atom is -0.494 e. The molecule has 5 nitrogen and oxygen atoms in total. The van der Waals surface area contributed by atoms with E-state index in [-0.39, 0.29) is 6.04 Å². The molecule has 112 valence electrons. The van der Waals surface area contributed by atoms with Gasteiger partial charge in [-0.25, -0.2) is 8.42 Å². The lowest BCUT2D eigenvalue weighted by Crippen LogP contribution is -2.41. The highest BCUT2D eigenvalue weighted by Gasteiger charge is 2.29. The molecule has 20 heavy (non-hydrogen) atoms. The molecule has 0 aromatic heterocycles. The Kier molecular flexibility index (Phi) is 5.01. The number of rotatable bonds is 4. The predicted molar refractivity (Wildman–Crippen MR) is 78.5 cm³/mol. The summed E-state index contributed by atoms with van der Waals surface area (Å²) in [6.07, 6.45) is 0.834. The Bertz CT molecular complexity index is 528. The molecule has 2 rings (SSSR count). The number of nitrogens with one attached hydrogen (secondary N) is 1. The van der Waals surface area contributed by atoms with E-state index in [0.29, 0.717) is 30.3 Å². The smallest absolute Gasteiger partial charge is 0.243 e. The third-order valence-corrected chi connectivity index (χ3v) is 5.43. The third kappa shape index (κ3) is 3.31. The van der Waals surface area contributed by atoms with Gasteiger partial charge < -0.3 is 10.1 Å². The van der Waals surface area contributed by atoms with Crippen molar-refractivity contribution in [2.75, 3.05) is 26.2 Å². The maximum absolute atomic E-state index is 12.7. The van der Waals surface area contributed by atoms with Crippen molar-refractivity contribution < 1.29 is 13.2 Å². The van der Waals surface area contributed by atoms with E-state index >= 15 is 0 Å². The summed E-state index contributed by atoms with van der Waals surface area (Å²) in [5.74, 6) is 0.692. The first kappa shape index (κ1) is 15.3. The van der Waals surface area contributed by atoms with Crippen LogP contribution in [0, 0.1) is 0 Å². The molecule has 1 unspecified atom stereocenters. The average Bonchev–Trinajstić information content (AvgIpc) is 2.65. The lowest BCUT2D eigenvalue weighted by molar-refractivity contribution is 0.339. The SMILES string of the molecule is CCOc1ccc(S(=O)(=O)N2CCCNCC2C)cc1. The van der Waals surface area contributed by atoms with Crippen molar-refractivity contribution in [1.82, 2.24) is 9.62 Å². The normalized spacial score (nSPS) is 21.4. The molecule has 1 N–H and O–H groups in total. The molecule has 0 spiro atoms. The van der Waals surface area contributed by atoms with Gasteiger partial charge in [0.05, 0.1) is 11.5 Å². The first-order valence-corrected chi connectivity index (χ1v) is 8.45. The van der Waals surface area contributed by atoms with E-state index in [1.54, 1.807) is 28.6 Å². The predicted octanol–water partition coefficient (Wildman–Crippen LogP) is 1.46. The van der Waals surface area contributed by atoms with E-state index in [1.807, 2.05) is 13.8 Å². The monoisotopic (exact) mass is 298 g/mol. The number of benzene rings is 1. The largest absolute Gasteiger partial charge is 0.494 e. The van der Waals surface area contributed by atoms with Gasteiger partial charge in [-0.2, -0.15) is 4.31 Å². The van der Waals surface area contributed by atoms with Gasteiger partial charge in [-0.15, -0.1) is 0 Å². The first-order chi connectivity index (χ1) is 9.55. The molecule has 6 heteroatoms. The molecule has 1 saturated heterocycles. The maximum Gasteiger partial charge on any atom is 0.243 e. The van der Waals surface area contributed by atoms with Crippen LogP contribution in [0.1, 0.15) is 20.3 Å². The van der Waals surface area contributed by atoms with Crippen LogP contribution in [0.15, 0.2) is 29.2 Å². The average molecular weight is 298 g/mol. The number of nitrogens with zero attached hydrogens (tertiary/aromatic N) is 1. The van der Waals surface area contributed by atoms with Crippen molar-refractivity contribution >= 4 is 10.0 Å². The second-order valence-corrected chi connectivity index (χ2v) is 6.82. The maximum atomic E-state index is 12.7. The summed E-state index contributed by atoms with van der Waals surface area (Å²) < 4.78 is 32.3. The number of hydrogen-bond donors (Lipinski definition) is 1. The van der Waals surface area contributed by atoms with Gasteiger partial charge in [0, 0.05) is 19.1 Å². The second kappa shape index (κ2) is 6.56. The standard InChI is InChI=1S/C14H22N2O3S/c1-3-19-13-5-7-14(8-6-13)20(17,18)16-10-4-9-15-11-12(16)2/h5-8,12,15H,3-4,9-11H2,1-2H3. The van der Waals surface area contributed by atoms with Crippen LogP contribution in [0.2, 0.25) is 0 Å². The Morgan fingerprint density at radius 3 is 2.70 bits per heavy atom. The summed E-state index contributed by atoms with van der Waals surface area (Å²) in [5.41, 5.74) is 0. The van der Waals surface area contributed by atoms with Crippen LogP contribution >= 0.6 is 0 Å². The molecule has 1 aromatic carbocycles. The van der Waals surface area contributed by atoms with Gasteiger partial charge in [0.15, 0.2) is 0 Å². The summed E-state index contributed by atoms with van der Waals surface area (Å²) in [7, 11) is -3.43. The highest BCUT2D eigenvalue weighted by molar-refractivity contribution is 7.89. The van der Waals surface area contributed by atoms with Gasteiger partial charge >= 0.3 is 0 Å². The van der Waals surface area contributed by atoms with Gasteiger partial charge in [-0.3, -0.25) is 0 Å². The molecule has 1 aliphatic rings. The summed E-state index contributed by atoms with van der Waals surface area (Å²) in [6, 6.07) is 6.61. The Labute approximate surface area is 121 Å². The lowest BCUT2D eigenvalue weighted by atomic mass is 10.3. The first-order valence-electron chi connectivity index (χ1n) is 7.01. The second-order valence-electron chi connectivity index (χ2n) is 4.93. The lowest BCUT2D eigenvalue weighted by Gasteiger charge is -2.26. The minimum atomic E-state index is -3.43. The molecule has 1 atom stereocenters. The van der Waals surface area contributed by atoms with Crippen LogP contribution in [0.5, 0.6) is 5.75 Å². The molecule has 1 heterocycles. The molecule has 1 aromatic rings. The summed E-state index contributed by atoms with van der Waals surface area (Å²) in [6.45, 7) is 6.52. The Morgan fingerprint density at radius 1 is 1.35 bits per heavy atom. The number of hydrogen-bond acceptors (Lipinski definition) is 4. The van der Waals surface area contributed by atoms with E-state index in [2.05, 4.69) is 5.32 Å².